The number of carbonyl (C=O) groups is 2. The van der Waals surface area contributed by atoms with Gasteiger partial charge in [0.1, 0.15) is 17.4 Å². The lowest BCUT2D eigenvalue weighted by molar-refractivity contribution is -0.384. The second kappa shape index (κ2) is 7.02. The molecule has 0 atom stereocenters. The van der Waals surface area contributed by atoms with Gasteiger partial charge in [0.2, 0.25) is 0 Å². The molecule has 0 unspecified atom stereocenters. The van der Waals surface area contributed by atoms with E-state index in [0.29, 0.717) is 6.07 Å². The third-order valence-electron chi connectivity index (χ3n) is 4.42. The van der Waals surface area contributed by atoms with Gasteiger partial charge in [0.15, 0.2) is 11.6 Å². The lowest BCUT2D eigenvalue weighted by Crippen LogP contribution is -2.24. The Morgan fingerprint density at radius 1 is 1.03 bits per heavy atom. The monoisotopic (exact) mass is 428 g/mol. The number of nitro benzene ring substituents is 1. The van der Waals surface area contributed by atoms with Gasteiger partial charge in [-0.05, 0) is 12.1 Å². The fraction of sp³-hybridized carbons (Fsp3) is 0. The summed E-state index contributed by atoms with van der Waals surface area (Å²) in [7, 11) is 0. The zero-order chi connectivity index (χ0) is 22.4. The summed E-state index contributed by atoms with van der Waals surface area (Å²) in [5.41, 5.74) is 3.88. The molecule has 0 radical (unpaired) electrons. The van der Waals surface area contributed by atoms with Crippen LogP contribution in [0.4, 0.5) is 20.3 Å². The third kappa shape index (κ3) is 3.35. The maximum atomic E-state index is 13.9. The summed E-state index contributed by atoms with van der Waals surface area (Å²) < 4.78 is 33.1. The summed E-state index contributed by atoms with van der Waals surface area (Å²) in [5, 5.41) is 13.3. The fourth-order valence-electron chi connectivity index (χ4n) is 3.09. The van der Waals surface area contributed by atoms with E-state index >= 15 is 0 Å². The number of hydrogen-bond acceptors (Lipinski definition) is 7. The molecule has 3 aromatic rings. The zero-order valence-corrected chi connectivity index (χ0v) is 15.2. The quantitative estimate of drug-likeness (QED) is 0.368. The minimum absolute atomic E-state index is 0.177. The van der Waals surface area contributed by atoms with Gasteiger partial charge in [-0.15, -0.1) is 0 Å². The van der Waals surface area contributed by atoms with Crippen molar-refractivity contribution in [3.63, 3.8) is 0 Å². The number of nitrogens with one attached hydrogen (secondary N) is 1. The van der Waals surface area contributed by atoms with Crippen LogP contribution in [0, 0.1) is 21.7 Å². The Labute approximate surface area is 170 Å². The number of amides is 2. The maximum absolute atomic E-state index is 13.9. The Morgan fingerprint density at radius 3 is 2.45 bits per heavy atom. The number of imide groups is 1. The van der Waals surface area contributed by atoms with E-state index in [0.717, 1.165) is 41.0 Å². The molecule has 2 aromatic carbocycles. The highest BCUT2D eigenvalue weighted by atomic mass is 19.1. The molecule has 0 bridgehead atoms. The van der Waals surface area contributed by atoms with Crippen molar-refractivity contribution in [2.45, 2.75) is 0 Å². The number of halogens is 2. The Hall–Kier alpha value is -4.61. The molecule has 31 heavy (non-hydrogen) atoms. The average molecular weight is 428 g/mol. The van der Waals surface area contributed by atoms with Crippen LogP contribution in [0.1, 0.15) is 20.7 Å². The summed E-state index contributed by atoms with van der Waals surface area (Å²) >= 11 is 0. The summed E-state index contributed by atoms with van der Waals surface area (Å²) in [5.74, 6) is -4.65. The molecule has 0 spiro atoms. The van der Waals surface area contributed by atoms with Crippen LogP contribution in [-0.2, 0) is 0 Å². The number of aromatic nitrogens is 1. The molecule has 4 rings (SSSR count). The van der Waals surface area contributed by atoms with Crippen LogP contribution in [0.3, 0.4) is 0 Å². The highest BCUT2D eigenvalue weighted by Gasteiger charge is 2.32. The van der Waals surface area contributed by atoms with Crippen LogP contribution in [0.5, 0.6) is 11.5 Å². The van der Waals surface area contributed by atoms with Gasteiger partial charge >= 0.3 is 0 Å². The average Bonchev–Trinajstić information content (AvgIpc) is 2.97. The molecule has 2 amide bonds. The normalized spacial score (nSPS) is 12.5. The van der Waals surface area contributed by atoms with Gasteiger partial charge < -0.3 is 10.5 Å². The van der Waals surface area contributed by atoms with E-state index in [9.17, 15) is 33.3 Å². The SMILES string of the molecule is Nc1c2c(cc(=O)n1-c1cc(Oc3ccc(F)cc3F)cc([N+](=O)[O-])c1)C(=O)NC2=O. The third-order valence-corrected chi connectivity index (χ3v) is 4.42. The number of fused-ring (bicyclic) bond motifs is 1. The number of pyridine rings is 1. The summed E-state index contributed by atoms with van der Waals surface area (Å²) in [6, 6.07) is 6.40. The number of hydrogen-bond donors (Lipinski definition) is 2. The van der Waals surface area contributed by atoms with E-state index in [1.807, 2.05) is 5.32 Å². The molecule has 1 aromatic heterocycles. The molecule has 156 valence electrons. The Kier molecular flexibility index (Phi) is 4.46. The van der Waals surface area contributed by atoms with Crippen LogP contribution >= 0.6 is 0 Å². The highest BCUT2D eigenvalue weighted by Crippen LogP contribution is 2.32. The molecule has 3 N–H and O–H groups in total. The Morgan fingerprint density at radius 2 is 1.77 bits per heavy atom. The summed E-state index contributed by atoms with van der Waals surface area (Å²) in [6.45, 7) is 0. The first-order chi connectivity index (χ1) is 14.7. The van der Waals surface area contributed by atoms with Crippen molar-refractivity contribution in [3.05, 3.63) is 85.7 Å². The molecule has 2 heterocycles. The van der Waals surface area contributed by atoms with Crippen molar-refractivity contribution in [3.8, 4) is 17.2 Å². The Bertz CT molecular complexity index is 1370. The lowest BCUT2D eigenvalue weighted by Gasteiger charge is -2.14. The maximum Gasteiger partial charge on any atom is 0.275 e. The van der Waals surface area contributed by atoms with Crippen LogP contribution in [0.25, 0.3) is 5.69 Å². The minimum atomic E-state index is -1.06. The topological polar surface area (TPSA) is 147 Å². The second-order valence-electron chi connectivity index (χ2n) is 6.39. The van der Waals surface area contributed by atoms with Gasteiger partial charge in [-0.2, -0.15) is 0 Å². The number of carbonyl (C=O) groups excluding carboxylic acids is 2. The molecule has 0 saturated heterocycles. The van der Waals surface area contributed by atoms with Gasteiger partial charge in [0.05, 0.1) is 27.8 Å². The van der Waals surface area contributed by atoms with E-state index in [1.165, 1.54) is 0 Å². The second-order valence-corrected chi connectivity index (χ2v) is 6.39. The van der Waals surface area contributed by atoms with Crippen LogP contribution < -0.4 is 21.3 Å². The number of anilines is 1. The molecular formula is C19H10F2N4O6. The molecule has 12 heteroatoms. The van der Waals surface area contributed by atoms with Crippen LogP contribution in [-0.4, -0.2) is 21.3 Å². The smallest absolute Gasteiger partial charge is 0.275 e. The molecule has 1 aliphatic rings. The predicted octanol–water partition coefficient (Wildman–Crippen LogP) is 2.28. The first-order valence-electron chi connectivity index (χ1n) is 8.49. The summed E-state index contributed by atoms with van der Waals surface area (Å²) in [6.07, 6.45) is 0. The molecule has 0 saturated carbocycles. The number of nitrogen functional groups attached to an aromatic ring is 1. The van der Waals surface area contributed by atoms with Crippen molar-refractivity contribution in [1.82, 2.24) is 9.88 Å². The first-order valence-corrected chi connectivity index (χ1v) is 8.49. The van der Waals surface area contributed by atoms with Gasteiger partial charge in [0.25, 0.3) is 23.1 Å². The van der Waals surface area contributed by atoms with Gasteiger partial charge in [-0.3, -0.25) is 34.4 Å². The van der Waals surface area contributed by atoms with Gasteiger partial charge in [0, 0.05) is 24.3 Å². The summed E-state index contributed by atoms with van der Waals surface area (Å²) in [4.78, 5) is 46.9. The van der Waals surface area contributed by atoms with Crippen LogP contribution in [0.2, 0.25) is 0 Å². The van der Waals surface area contributed by atoms with E-state index in [1.54, 1.807) is 0 Å². The number of non-ortho nitro benzene ring substituents is 1. The van der Waals surface area contributed by atoms with Crippen molar-refractivity contribution in [2.24, 2.45) is 0 Å². The standard InChI is InChI=1S/C19H10F2N4O6/c20-8-1-2-14(13(21)3-8)31-11-5-9(4-10(6-11)25(29)30)24-15(26)7-12-16(17(24)22)19(28)23-18(12)27/h1-7H,22H2,(H,23,27,28). The number of nitrogens with two attached hydrogens (primary N) is 1. The molecule has 10 nitrogen and oxygen atoms in total. The van der Waals surface area contributed by atoms with Crippen LogP contribution in [0.15, 0.2) is 47.3 Å². The van der Waals surface area contributed by atoms with Crippen molar-refractivity contribution in [1.29, 1.82) is 0 Å². The van der Waals surface area contributed by atoms with Gasteiger partial charge in [-0.1, -0.05) is 0 Å². The van der Waals surface area contributed by atoms with E-state index in [-0.39, 0.29) is 22.6 Å². The predicted molar refractivity (Wildman–Crippen MR) is 101 cm³/mol. The number of benzene rings is 2. The number of nitro groups is 1. The highest BCUT2D eigenvalue weighted by molar-refractivity contribution is 6.23. The zero-order valence-electron chi connectivity index (χ0n) is 15.2. The van der Waals surface area contributed by atoms with Crippen molar-refractivity contribution < 1.29 is 28.0 Å². The number of ether oxygens (including phenoxy) is 1. The molecule has 1 aliphatic heterocycles. The number of nitrogens with zero attached hydrogens (tertiary/aromatic N) is 2. The van der Waals surface area contributed by atoms with E-state index in [2.05, 4.69) is 0 Å². The van der Waals surface area contributed by atoms with E-state index < -0.39 is 51.2 Å². The molecule has 0 fully saturated rings. The van der Waals surface area contributed by atoms with Gasteiger partial charge in [-0.25, -0.2) is 8.78 Å². The fourth-order valence-corrected chi connectivity index (χ4v) is 3.09. The lowest BCUT2D eigenvalue weighted by atomic mass is 10.1. The first kappa shape index (κ1) is 19.7. The number of rotatable bonds is 4. The van der Waals surface area contributed by atoms with Crippen molar-refractivity contribution in [2.75, 3.05) is 5.73 Å². The minimum Gasteiger partial charge on any atom is -0.454 e. The Balaban J connectivity index is 1.89. The van der Waals surface area contributed by atoms with E-state index in [4.69, 9.17) is 10.5 Å². The molecule has 0 aliphatic carbocycles. The molecular weight excluding hydrogens is 418 g/mol. The van der Waals surface area contributed by atoms with Crippen molar-refractivity contribution >= 4 is 23.3 Å². The largest absolute Gasteiger partial charge is 0.454 e.